The van der Waals surface area contributed by atoms with Crippen LogP contribution in [-0.4, -0.2) is 9.71 Å². The van der Waals surface area contributed by atoms with E-state index in [1.54, 1.807) is 21.2 Å². The maximum atomic E-state index is 2.85. The summed E-state index contributed by atoms with van der Waals surface area (Å²) in [6.45, 7) is 8.43. The Morgan fingerprint density at radius 2 is 0.953 bits per heavy atom. The Morgan fingerprint density at radius 3 is 1.33 bits per heavy atom. The van der Waals surface area contributed by atoms with Crippen LogP contribution in [0, 0.1) is 27.7 Å². The predicted octanol–water partition coefficient (Wildman–Crippen LogP) is 9.54. The maximum absolute atomic E-state index is 3.89. The molecule has 3 heteroatoms. The molecule has 0 N–H and O–H groups in total. The van der Waals surface area contributed by atoms with Crippen molar-refractivity contribution in [3.8, 4) is 0 Å². The van der Waals surface area contributed by atoms with Crippen LogP contribution in [0.3, 0.4) is 0 Å². The van der Waals surface area contributed by atoms with Crippen molar-refractivity contribution >= 4 is 37.1 Å². The second-order valence-electron chi connectivity index (χ2n) is 18.5. The molecule has 5 unspecified atom stereocenters. The van der Waals surface area contributed by atoms with Crippen molar-refractivity contribution in [1.82, 2.24) is 0 Å². The third-order valence-electron chi connectivity index (χ3n) is 21.2. The molecular weight excluding hydrogens is 598 g/mol. The number of aryl methyl sites for hydroxylation is 4. The third kappa shape index (κ3) is 0.667. The third-order valence-corrected chi connectivity index (χ3v) is 74.5. The van der Waals surface area contributed by atoms with E-state index in [9.17, 15) is 0 Å². The van der Waals surface area contributed by atoms with Crippen molar-refractivity contribution in [2.24, 2.45) is 0 Å². The fourth-order valence-corrected chi connectivity index (χ4v) is 121. The Bertz CT molecular complexity index is 2270. The van der Waals surface area contributed by atoms with E-state index in [-0.39, 0.29) is 7.92 Å². The van der Waals surface area contributed by atoms with Gasteiger partial charge in [0.25, 0.3) is 0 Å². The summed E-state index contributed by atoms with van der Waals surface area (Å²) in [5.74, 6) is 0. The summed E-state index contributed by atoms with van der Waals surface area (Å²) in [6, 6.07) is 39.4. The minimum absolute atomic E-state index is 0.366. The zero-order chi connectivity index (χ0) is 28.6. The number of hydrogen-bond acceptors (Lipinski definition) is 0. The number of hydrogen-bond donors (Lipinski definition) is 0. The van der Waals surface area contributed by atoms with Gasteiger partial charge in [0, 0.05) is 0 Å². The van der Waals surface area contributed by atoms with Gasteiger partial charge in [-0.2, -0.15) is 0 Å². The van der Waals surface area contributed by atoms with Gasteiger partial charge in [-0.1, -0.05) is 0 Å². The molecule has 0 aromatic heterocycles. The fraction of sp³-hybridized carbons (Fsp3) is 0.400. The van der Waals surface area contributed by atoms with E-state index in [1.165, 1.54) is 60.8 Å². The molecule has 10 saturated heterocycles. The molecule has 4 aromatic carbocycles. The van der Waals surface area contributed by atoms with Gasteiger partial charge in [0.2, 0.25) is 0 Å². The van der Waals surface area contributed by atoms with E-state index in [1.807, 2.05) is 0 Å². The Balaban J connectivity index is 1.10. The second-order valence-corrected chi connectivity index (χ2v) is 47.1. The molecule has 4 aromatic rings. The second kappa shape index (κ2) is 3.77. The standard InChI is InChI=1S/C35H35P2.C5H5.Fe/c1-25-19-26(2)22-32(21-25)37(33-23-27(3)20-28(4)24-33)35-18-12-17-34(35)29(5)36(30-13-8-6-9-14-30)31-15-10-7-11-16-31;1-2-4-5-3-1;/h6-24,29H,1-5H3;1-5H;. The van der Waals surface area contributed by atoms with Gasteiger partial charge in [-0.3, -0.25) is 0 Å². The van der Waals surface area contributed by atoms with Crippen molar-refractivity contribution in [2.75, 3.05) is 0 Å². The summed E-state index contributed by atoms with van der Waals surface area (Å²) >= 11 is 0. The molecule has 0 aliphatic carbocycles. The van der Waals surface area contributed by atoms with Crippen LogP contribution in [0.15, 0.2) is 97.1 Å². The normalized spacial score (nSPS) is 56.8. The molecule has 0 nitrogen and oxygen atoms in total. The Kier molecular flexibility index (Phi) is 1.99. The molecule has 218 valence electrons. The van der Waals surface area contributed by atoms with Gasteiger partial charge in [-0.25, -0.2) is 0 Å². The Hall–Kier alpha value is -1.74. The van der Waals surface area contributed by atoms with Crippen LogP contribution in [0.4, 0.5) is 0 Å². The van der Waals surface area contributed by atoms with E-state index in [2.05, 4.69) is 132 Å². The summed E-state index contributed by atoms with van der Waals surface area (Å²) in [7, 11) is -0.758. The zero-order valence-electron chi connectivity index (χ0n) is 25.7. The molecule has 6 atom stereocenters. The van der Waals surface area contributed by atoms with E-state index < -0.39 is 14.4 Å². The van der Waals surface area contributed by atoms with Crippen LogP contribution in [0.5, 0.6) is 0 Å². The van der Waals surface area contributed by atoms with Crippen molar-refractivity contribution in [1.29, 1.82) is 0 Å². The Morgan fingerprint density at radius 1 is 0.535 bits per heavy atom. The molecule has 43 heavy (non-hydrogen) atoms. The molecule has 0 saturated carbocycles. The van der Waals surface area contributed by atoms with E-state index >= 15 is 0 Å². The van der Waals surface area contributed by atoms with Crippen molar-refractivity contribution in [2.45, 2.75) is 87.2 Å². The van der Waals surface area contributed by atoms with E-state index in [0.29, 0.717) is 0 Å². The molecule has 0 bridgehead atoms. The van der Waals surface area contributed by atoms with Gasteiger partial charge >= 0.3 is 250 Å². The van der Waals surface area contributed by atoms with Gasteiger partial charge in [0.15, 0.2) is 0 Å². The number of fused-ring (bicyclic) bond motifs is 10. The summed E-state index contributed by atoms with van der Waals surface area (Å²) in [4.78, 5) is 10.2. The monoisotopic (exact) mass is 638 g/mol. The van der Waals surface area contributed by atoms with E-state index in [0.717, 1.165) is 14.0 Å². The molecule has 10 heterocycles. The Labute approximate surface area is 248 Å². The molecule has 0 amide bonds. The first-order chi connectivity index (χ1) is 20.6. The molecule has 10 fully saturated rings. The van der Waals surface area contributed by atoms with Crippen LogP contribution in [0.2, 0.25) is 42.8 Å². The van der Waals surface area contributed by atoms with Crippen molar-refractivity contribution in [3.63, 3.8) is 0 Å². The van der Waals surface area contributed by atoms with Crippen LogP contribution in [0.25, 0.3) is 0 Å². The van der Waals surface area contributed by atoms with Gasteiger partial charge in [-0.05, 0) is 0 Å². The van der Waals surface area contributed by atoms with Gasteiger partial charge in [0.1, 0.15) is 0 Å². The van der Waals surface area contributed by atoms with Crippen molar-refractivity contribution in [3.05, 3.63) is 119 Å². The molecule has 10 aliphatic rings. The first kappa shape index (κ1) is 22.7. The van der Waals surface area contributed by atoms with Crippen LogP contribution in [0.1, 0.15) is 29.2 Å². The SMILES string of the molecule is Cc1cc(C)cc(P(c2cc(C)cc(C)c2)[C]23[CH]4[CH]5[CH]6[C@]2(C(C)P(c2ccccc2)c2ccccc2)[Fe]54632789[CH]3[CH]2[CH]7[CH]8[CH]39)c1. The quantitative estimate of drug-likeness (QED) is 0.140. The van der Waals surface area contributed by atoms with E-state index in [4.69, 9.17) is 0 Å². The molecule has 14 rings (SSSR count). The van der Waals surface area contributed by atoms with Crippen molar-refractivity contribution < 1.29 is 6.51 Å². The molecular formula is C40H40FeP2. The summed E-state index contributed by atoms with van der Waals surface area (Å²) < 4.78 is 1.47. The summed E-state index contributed by atoms with van der Waals surface area (Å²) in [5.41, 5.74) is 6.75. The topological polar surface area (TPSA) is 0 Å². The average Bonchev–Trinajstić information content (AvgIpc) is 3.93. The average molecular weight is 639 g/mol. The minimum atomic E-state index is -3.89. The summed E-state index contributed by atoms with van der Waals surface area (Å²) in [5, 5.41) is 6.82. The number of rotatable bonds is 7. The molecule has 10 aliphatic heterocycles. The first-order valence-corrected chi connectivity index (χ1v) is 25.6. The molecule has 0 radical (unpaired) electrons. The van der Waals surface area contributed by atoms with Crippen LogP contribution < -0.4 is 21.2 Å². The summed E-state index contributed by atoms with van der Waals surface area (Å²) in [6.07, 6.45) is 0. The van der Waals surface area contributed by atoms with Gasteiger partial charge in [-0.15, -0.1) is 0 Å². The molecule has 1 spiro atoms. The van der Waals surface area contributed by atoms with Gasteiger partial charge < -0.3 is 0 Å². The zero-order valence-corrected chi connectivity index (χ0v) is 28.6. The first-order valence-electron chi connectivity index (χ1n) is 16.7. The van der Waals surface area contributed by atoms with Gasteiger partial charge in [0.05, 0.1) is 0 Å². The van der Waals surface area contributed by atoms with Crippen LogP contribution in [-0.2, 0) is 6.51 Å². The number of benzene rings is 4. The van der Waals surface area contributed by atoms with Crippen LogP contribution >= 0.6 is 15.8 Å². The fourth-order valence-electron chi connectivity index (χ4n) is 23.1. The predicted molar refractivity (Wildman–Crippen MR) is 182 cm³/mol.